The van der Waals surface area contributed by atoms with Crippen molar-refractivity contribution in [3.8, 4) is 0 Å². The molecule has 1 saturated heterocycles. The first-order valence-electron chi connectivity index (χ1n) is 10.3. The summed E-state index contributed by atoms with van der Waals surface area (Å²) in [4.78, 5) is 17.3. The van der Waals surface area contributed by atoms with Gasteiger partial charge in [0.05, 0.1) is 12.7 Å². The summed E-state index contributed by atoms with van der Waals surface area (Å²) in [6.07, 6.45) is 5.10. The second-order valence-electron chi connectivity index (χ2n) is 7.97. The molecule has 0 aliphatic carbocycles. The molecule has 1 atom stereocenters. The monoisotopic (exact) mass is 407 g/mol. The van der Waals surface area contributed by atoms with Gasteiger partial charge in [-0.1, -0.05) is 29.5 Å². The lowest BCUT2D eigenvalue weighted by molar-refractivity contribution is 0.0728. The van der Waals surface area contributed by atoms with E-state index in [1.54, 1.807) is 11.3 Å². The third kappa shape index (κ3) is 3.97. The molecule has 1 fully saturated rings. The Labute approximate surface area is 174 Å². The second-order valence-corrected chi connectivity index (χ2v) is 8.75. The fourth-order valence-corrected chi connectivity index (χ4v) is 5.12. The van der Waals surface area contributed by atoms with Crippen LogP contribution in [0.1, 0.15) is 40.0 Å². The molecule has 2 aliphatic heterocycles. The number of fused-ring (bicyclic) bond motifs is 1. The predicted octanol–water partition coefficient (Wildman–Crippen LogP) is 3.20. The molecule has 0 N–H and O–H groups in total. The highest BCUT2D eigenvalue weighted by Crippen LogP contribution is 2.23. The van der Waals surface area contributed by atoms with Crippen LogP contribution in [-0.4, -0.2) is 49.8 Å². The minimum absolute atomic E-state index is 0.0210. The Hall–Kier alpha value is -2.51. The van der Waals surface area contributed by atoms with E-state index in [1.807, 2.05) is 21.8 Å². The van der Waals surface area contributed by atoms with Crippen LogP contribution in [0.15, 0.2) is 47.3 Å². The molecule has 29 heavy (non-hydrogen) atoms. The summed E-state index contributed by atoms with van der Waals surface area (Å²) in [5, 5.41) is 12.8. The van der Waals surface area contributed by atoms with Crippen molar-refractivity contribution in [3.63, 3.8) is 0 Å². The van der Waals surface area contributed by atoms with Crippen molar-refractivity contribution < 1.29 is 4.79 Å². The van der Waals surface area contributed by atoms with Crippen LogP contribution in [0.25, 0.3) is 0 Å². The predicted molar refractivity (Wildman–Crippen MR) is 113 cm³/mol. The minimum atomic E-state index is -0.0210. The van der Waals surface area contributed by atoms with Gasteiger partial charge in [-0.2, -0.15) is 11.3 Å². The Morgan fingerprint density at radius 2 is 2.07 bits per heavy atom. The minimum Gasteiger partial charge on any atom is -0.333 e. The van der Waals surface area contributed by atoms with Gasteiger partial charge in [0.15, 0.2) is 5.69 Å². The highest BCUT2D eigenvalue weighted by atomic mass is 32.1. The largest absolute Gasteiger partial charge is 0.333 e. The first-order chi connectivity index (χ1) is 14.3. The summed E-state index contributed by atoms with van der Waals surface area (Å²) in [5.74, 6) is -0.0210. The van der Waals surface area contributed by atoms with Crippen molar-refractivity contribution in [1.29, 1.82) is 0 Å². The molecule has 1 aromatic carbocycles. The van der Waals surface area contributed by atoms with Crippen molar-refractivity contribution >= 4 is 17.2 Å². The highest BCUT2D eigenvalue weighted by Gasteiger charge is 2.27. The lowest BCUT2D eigenvalue weighted by atomic mass is 10.00. The summed E-state index contributed by atoms with van der Waals surface area (Å²) in [6.45, 7) is 4.28. The number of carbonyl (C=O) groups excluding carboxylic acids is 1. The number of likely N-dealkylation sites (tertiary alicyclic amines) is 1. The molecule has 0 bridgehead atoms. The van der Waals surface area contributed by atoms with E-state index in [0.717, 1.165) is 39.0 Å². The first kappa shape index (κ1) is 18.5. The van der Waals surface area contributed by atoms with Gasteiger partial charge in [-0.25, -0.2) is 0 Å². The lowest BCUT2D eigenvalue weighted by Crippen LogP contribution is -2.36. The molecule has 0 radical (unpaired) electrons. The molecule has 1 amide bonds. The molecule has 3 aromatic rings. The number of aromatic nitrogens is 3. The van der Waals surface area contributed by atoms with Crippen LogP contribution in [-0.2, 0) is 26.1 Å². The molecule has 7 heteroatoms. The fourth-order valence-electron chi connectivity index (χ4n) is 4.46. The maximum atomic E-state index is 12.9. The smallest absolute Gasteiger partial charge is 0.276 e. The van der Waals surface area contributed by atoms with Crippen molar-refractivity contribution in [2.24, 2.45) is 0 Å². The van der Waals surface area contributed by atoms with Crippen LogP contribution in [0, 0.1) is 0 Å². The number of benzene rings is 1. The number of nitrogens with zero attached hydrogens (tertiary/aromatic N) is 5. The number of amides is 1. The van der Waals surface area contributed by atoms with Crippen molar-refractivity contribution in [2.45, 2.75) is 44.9 Å². The fraction of sp³-hybridized carbons (Fsp3) is 0.409. The molecule has 150 valence electrons. The van der Waals surface area contributed by atoms with E-state index in [2.05, 4.69) is 50.2 Å². The topological polar surface area (TPSA) is 54.3 Å². The molecule has 0 saturated carbocycles. The molecule has 4 heterocycles. The SMILES string of the molecule is O=C(c1cn(C[C@@H]2CCCN2Cc2ccsc2)nn1)N1CCc2ccccc2C1. The van der Waals surface area contributed by atoms with E-state index in [9.17, 15) is 4.79 Å². The van der Waals surface area contributed by atoms with Gasteiger partial charge < -0.3 is 4.90 Å². The zero-order chi connectivity index (χ0) is 19.6. The van der Waals surface area contributed by atoms with E-state index in [4.69, 9.17) is 0 Å². The molecule has 2 aliphatic rings. The Bertz CT molecular complexity index is 983. The van der Waals surface area contributed by atoms with Crippen LogP contribution in [0.4, 0.5) is 0 Å². The third-order valence-electron chi connectivity index (χ3n) is 6.04. The lowest BCUT2D eigenvalue weighted by Gasteiger charge is -2.28. The number of rotatable bonds is 5. The standard InChI is InChI=1S/C22H25N5OS/c28-22(26-10-7-18-4-1-2-5-19(18)13-26)21-15-27(24-23-21)14-20-6-3-9-25(20)12-17-8-11-29-16-17/h1-2,4-5,8,11,15-16,20H,3,6-7,9-10,12-14H2/t20-/m0/s1. The maximum Gasteiger partial charge on any atom is 0.276 e. The van der Waals surface area contributed by atoms with Crippen molar-refractivity contribution in [3.05, 3.63) is 69.7 Å². The summed E-state index contributed by atoms with van der Waals surface area (Å²) >= 11 is 1.75. The van der Waals surface area contributed by atoms with Gasteiger partial charge >= 0.3 is 0 Å². The van der Waals surface area contributed by atoms with E-state index in [0.29, 0.717) is 18.3 Å². The molecular weight excluding hydrogens is 382 g/mol. The summed E-state index contributed by atoms with van der Waals surface area (Å²) in [6, 6.07) is 11.0. The molecule has 5 rings (SSSR count). The second kappa shape index (κ2) is 8.08. The number of hydrogen-bond acceptors (Lipinski definition) is 5. The van der Waals surface area contributed by atoms with Crippen LogP contribution in [0.5, 0.6) is 0 Å². The van der Waals surface area contributed by atoms with Crippen molar-refractivity contribution in [2.75, 3.05) is 13.1 Å². The molecular formula is C22H25N5OS. The average molecular weight is 408 g/mol. The molecule has 0 spiro atoms. The number of hydrogen-bond donors (Lipinski definition) is 0. The molecule has 2 aromatic heterocycles. The maximum absolute atomic E-state index is 12.9. The average Bonchev–Trinajstić information content (AvgIpc) is 3.51. The van der Waals surface area contributed by atoms with Gasteiger partial charge in [-0.05, 0) is 59.3 Å². The quantitative estimate of drug-likeness (QED) is 0.652. The van der Waals surface area contributed by atoms with E-state index in [1.165, 1.54) is 23.1 Å². The first-order valence-corrected chi connectivity index (χ1v) is 11.2. The summed E-state index contributed by atoms with van der Waals surface area (Å²) in [7, 11) is 0. The number of thiophene rings is 1. The van der Waals surface area contributed by atoms with Crippen LogP contribution >= 0.6 is 11.3 Å². The van der Waals surface area contributed by atoms with Gasteiger partial charge in [-0.15, -0.1) is 5.10 Å². The van der Waals surface area contributed by atoms with Crippen LogP contribution in [0.2, 0.25) is 0 Å². The van der Waals surface area contributed by atoms with Gasteiger partial charge in [0.1, 0.15) is 0 Å². The Kier molecular flexibility index (Phi) is 5.16. The van der Waals surface area contributed by atoms with Gasteiger partial charge in [-0.3, -0.25) is 14.4 Å². The van der Waals surface area contributed by atoms with Crippen LogP contribution < -0.4 is 0 Å². The van der Waals surface area contributed by atoms with Crippen LogP contribution in [0.3, 0.4) is 0 Å². The van der Waals surface area contributed by atoms with Gasteiger partial charge in [0.25, 0.3) is 5.91 Å². The molecule has 6 nitrogen and oxygen atoms in total. The Balaban J connectivity index is 1.23. The zero-order valence-corrected chi connectivity index (χ0v) is 17.2. The van der Waals surface area contributed by atoms with Gasteiger partial charge in [0.2, 0.25) is 0 Å². The molecule has 0 unspecified atom stereocenters. The number of carbonyl (C=O) groups is 1. The zero-order valence-electron chi connectivity index (χ0n) is 16.4. The third-order valence-corrected chi connectivity index (χ3v) is 6.77. The van der Waals surface area contributed by atoms with E-state index < -0.39 is 0 Å². The van der Waals surface area contributed by atoms with E-state index in [-0.39, 0.29) is 5.91 Å². The summed E-state index contributed by atoms with van der Waals surface area (Å²) in [5.41, 5.74) is 4.40. The van der Waals surface area contributed by atoms with Crippen molar-refractivity contribution in [1.82, 2.24) is 24.8 Å². The normalized spacial score (nSPS) is 19.4. The summed E-state index contributed by atoms with van der Waals surface area (Å²) < 4.78 is 1.85. The Morgan fingerprint density at radius 1 is 1.17 bits per heavy atom. The Morgan fingerprint density at radius 3 is 2.93 bits per heavy atom. The van der Waals surface area contributed by atoms with Gasteiger partial charge in [0, 0.05) is 25.7 Å². The van der Waals surface area contributed by atoms with E-state index >= 15 is 0 Å². The highest BCUT2D eigenvalue weighted by molar-refractivity contribution is 7.07.